The number of hydrogen-bond donors (Lipinski definition) is 5. The molecule has 0 saturated heterocycles. The zero-order valence-corrected chi connectivity index (χ0v) is 8.67. The number of carboxylic acid groups (broad SMARTS) is 1. The molecule has 2 atom stereocenters. The lowest BCUT2D eigenvalue weighted by molar-refractivity contribution is -0.138. The van der Waals surface area contributed by atoms with Gasteiger partial charge in [-0.15, -0.1) is 0 Å². The molecule has 0 spiro atoms. The molecule has 1 unspecified atom stereocenters. The Morgan fingerprint density at radius 3 is 2.13 bits per heavy atom. The molecule has 6 nitrogen and oxygen atoms in total. The van der Waals surface area contributed by atoms with Crippen molar-refractivity contribution in [2.24, 2.45) is 11.5 Å². The Labute approximate surface area is 88.9 Å². The molecule has 0 aliphatic carbocycles. The molecule has 0 rings (SSSR count). The van der Waals surface area contributed by atoms with Crippen LogP contribution in [-0.2, 0) is 4.79 Å². The van der Waals surface area contributed by atoms with Crippen LogP contribution in [0.4, 0.5) is 0 Å². The molecule has 0 aromatic rings. The summed E-state index contributed by atoms with van der Waals surface area (Å²) in [5.74, 6) is -1.01. The predicted molar refractivity (Wildman–Crippen MR) is 54.9 cm³/mol. The van der Waals surface area contributed by atoms with Gasteiger partial charge in [-0.3, -0.25) is 4.79 Å². The van der Waals surface area contributed by atoms with Gasteiger partial charge in [-0.2, -0.15) is 0 Å². The van der Waals surface area contributed by atoms with E-state index in [0.29, 0.717) is 25.7 Å². The van der Waals surface area contributed by atoms with Gasteiger partial charge < -0.3 is 26.8 Å². The van der Waals surface area contributed by atoms with Gasteiger partial charge in [0.1, 0.15) is 6.04 Å². The van der Waals surface area contributed by atoms with Crippen molar-refractivity contribution < 1.29 is 20.1 Å². The van der Waals surface area contributed by atoms with Gasteiger partial charge in [0.25, 0.3) is 0 Å². The van der Waals surface area contributed by atoms with Gasteiger partial charge in [0.2, 0.25) is 0 Å². The lowest BCUT2D eigenvalue weighted by atomic mass is 10.0. The van der Waals surface area contributed by atoms with Crippen LogP contribution in [0.15, 0.2) is 0 Å². The first-order chi connectivity index (χ1) is 6.93. The van der Waals surface area contributed by atoms with E-state index in [1.807, 2.05) is 0 Å². The van der Waals surface area contributed by atoms with Crippen LogP contribution in [0.1, 0.15) is 32.1 Å². The summed E-state index contributed by atoms with van der Waals surface area (Å²) in [5, 5.41) is 25.7. The third-order valence-corrected chi connectivity index (χ3v) is 2.20. The first-order valence-electron chi connectivity index (χ1n) is 5.03. The summed E-state index contributed by atoms with van der Waals surface area (Å²) < 4.78 is 0. The van der Waals surface area contributed by atoms with Gasteiger partial charge in [0, 0.05) is 6.04 Å². The highest BCUT2D eigenvalue weighted by Gasteiger charge is 2.12. The first-order valence-corrected chi connectivity index (χ1v) is 5.03. The topological polar surface area (TPSA) is 130 Å². The van der Waals surface area contributed by atoms with Crippen LogP contribution in [0.2, 0.25) is 0 Å². The molecule has 6 heteroatoms. The number of carboxylic acids is 1. The largest absolute Gasteiger partial charge is 0.480 e. The molecule has 0 amide bonds. The number of hydrogen-bond acceptors (Lipinski definition) is 5. The fourth-order valence-corrected chi connectivity index (χ4v) is 1.23. The fourth-order valence-electron chi connectivity index (χ4n) is 1.23. The standard InChI is InChI=1S/C9H20N2O4/c10-6(4-5-8(12)13)2-1-3-7(11)9(14)15/h6-8,12-13H,1-5,10-11H2,(H,14,15)/t6?,7-/m0/s1. The summed E-state index contributed by atoms with van der Waals surface area (Å²) in [4.78, 5) is 10.4. The average Bonchev–Trinajstić information content (AvgIpc) is 2.14. The normalized spacial score (nSPS) is 15.3. The van der Waals surface area contributed by atoms with Crippen molar-refractivity contribution in [3.63, 3.8) is 0 Å². The SMILES string of the molecule is NC(CCC[C@H](N)C(=O)O)CCC(O)O. The molecule has 0 aromatic carbocycles. The van der Waals surface area contributed by atoms with Crippen molar-refractivity contribution in [1.82, 2.24) is 0 Å². The van der Waals surface area contributed by atoms with E-state index in [1.54, 1.807) is 0 Å². The Morgan fingerprint density at radius 2 is 1.67 bits per heavy atom. The Kier molecular flexibility index (Phi) is 7.23. The van der Waals surface area contributed by atoms with E-state index in [4.69, 9.17) is 26.8 Å². The molecule has 7 N–H and O–H groups in total. The number of aliphatic hydroxyl groups is 2. The Bertz CT molecular complexity index is 187. The minimum atomic E-state index is -1.32. The van der Waals surface area contributed by atoms with Crippen LogP contribution in [0.5, 0.6) is 0 Å². The minimum absolute atomic E-state index is 0.132. The van der Waals surface area contributed by atoms with Crippen molar-refractivity contribution in [1.29, 1.82) is 0 Å². The van der Waals surface area contributed by atoms with Gasteiger partial charge >= 0.3 is 5.97 Å². The third-order valence-electron chi connectivity index (χ3n) is 2.20. The monoisotopic (exact) mass is 220 g/mol. The molecular weight excluding hydrogens is 200 g/mol. The van der Waals surface area contributed by atoms with Crippen LogP contribution in [-0.4, -0.2) is 39.7 Å². The van der Waals surface area contributed by atoms with Crippen molar-refractivity contribution >= 4 is 5.97 Å². The maximum atomic E-state index is 10.4. The Morgan fingerprint density at radius 1 is 1.07 bits per heavy atom. The number of nitrogens with two attached hydrogens (primary N) is 2. The third kappa shape index (κ3) is 8.31. The summed E-state index contributed by atoms with van der Waals surface area (Å²) in [6.07, 6.45) is 1.11. The Balaban J connectivity index is 3.46. The molecule has 0 saturated carbocycles. The average molecular weight is 220 g/mol. The highest BCUT2D eigenvalue weighted by Crippen LogP contribution is 2.07. The molecule has 0 radical (unpaired) electrons. The molecule has 0 bridgehead atoms. The van der Waals surface area contributed by atoms with E-state index < -0.39 is 18.3 Å². The van der Waals surface area contributed by atoms with Crippen molar-refractivity contribution in [2.45, 2.75) is 50.5 Å². The number of aliphatic hydroxyl groups excluding tert-OH is 1. The zero-order chi connectivity index (χ0) is 11.8. The van der Waals surface area contributed by atoms with Gasteiger partial charge in [0.05, 0.1) is 0 Å². The van der Waals surface area contributed by atoms with E-state index in [9.17, 15) is 4.79 Å². The lowest BCUT2D eigenvalue weighted by Gasteiger charge is -2.12. The second kappa shape index (κ2) is 7.58. The van der Waals surface area contributed by atoms with E-state index >= 15 is 0 Å². The van der Waals surface area contributed by atoms with Crippen molar-refractivity contribution in [3.05, 3.63) is 0 Å². The maximum absolute atomic E-state index is 10.4. The van der Waals surface area contributed by atoms with E-state index in [1.165, 1.54) is 0 Å². The van der Waals surface area contributed by atoms with E-state index in [-0.39, 0.29) is 12.5 Å². The minimum Gasteiger partial charge on any atom is -0.480 e. The maximum Gasteiger partial charge on any atom is 0.320 e. The fraction of sp³-hybridized carbons (Fsp3) is 0.889. The van der Waals surface area contributed by atoms with E-state index in [0.717, 1.165) is 0 Å². The molecule has 0 fully saturated rings. The van der Waals surface area contributed by atoms with Crippen LogP contribution in [0.25, 0.3) is 0 Å². The predicted octanol–water partition coefficient (Wildman–Crippen LogP) is -1.01. The summed E-state index contributed by atoms with van der Waals surface area (Å²) in [6, 6.07) is -0.964. The van der Waals surface area contributed by atoms with E-state index in [2.05, 4.69) is 0 Å². The second-order valence-corrected chi connectivity index (χ2v) is 3.69. The number of carbonyl (C=O) groups is 1. The molecule has 15 heavy (non-hydrogen) atoms. The van der Waals surface area contributed by atoms with Gasteiger partial charge in [-0.25, -0.2) is 0 Å². The molecule has 0 heterocycles. The van der Waals surface area contributed by atoms with Crippen LogP contribution < -0.4 is 11.5 Å². The van der Waals surface area contributed by atoms with Gasteiger partial charge in [0.15, 0.2) is 6.29 Å². The summed E-state index contributed by atoms with van der Waals surface area (Å²) in [7, 11) is 0. The summed E-state index contributed by atoms with van der Waals surface area (Å²) in [6.45, 7) is 0. The Hall–Kier alpha value is -0.690. The molecule has 0 aromatic heterocycles. The van der Waals surface area contributed by atoms with Gasteiger partial charge in [-0.1, -0.05) is 0 Å². The van der Waals surface area contributed by atoms with Crippen LogP contribution >= 0.6 is 0 Å². The highest BCUT2D eigenvalue weighted by molar-refractivity contribution is 5.72. The number of rotatable bonds is 8. The quantitative estimate of drug-likeness (QED) is 0.333. The highest BCUT2D eigenvalue weighted by atomic mass is 16.5. The van der Waals surface area contributed by atoms with Crippen LogP contribution in [0, 0.1) is 0 Å². The summed E-state index contributed by atoms with van der Waals surface area (Å²) in [5.41, 5.74) is 11.0. The molecule has 90 valence electrons. The summed E-state index contributed by atoms with van der Waals surface area (Å²) >= 11 is 0. The smallest absolute Gasteiger partial charge is 0.320 e. The lowest BCUT2D eigenvalue weighted by Crippen LogP contribution is -2.30. The molecule has 0 aliphatic heterocycles. The van der Waals surface area contributed by atoms with Crippen LogP contribution in [0.3, 0.4) is 0 Å². The first kappa shape index (κ1) is 14.3. The van der Waals surface area contributed by atoms with Crippen molar-refractivity contribution in [3.8, 4) is 0 Å². The second-order valence-electron chi connectivity index (χ2n) is 3.69. The van der Waals surface area contributed by atoms with Crippen molar-refractivity contribution in [2.75, 3.05) is 0 Å². The molecular formula is C9H20N2O4. The number of aliphatic carboxylic acids is 1. The van der Waals surface area contributed by atoms with Gasteiger partial charge in [-0.05, 0) is 32.1 Å². The molecule has 0 aliphatic rings. The zero-order valence-electron chi connectivity index (χ0n) is 8.67.